The number of nitriles is 1. The number of nitrogens with zero attached hydrogens (tertiary/aromatic N) is 3. The predicted octanol–water partition coefficient (Wildman–Crippen LogP) is 6.34. The van der Waals surface area contributed by atoms with Gasteiger partial charge in [-0.25, -0.2) is 14.2 Å². The molecule has 1 aromatic heterocycles. The molecule has 5 rings (SSSR count). The van der Waals surface area contributed by atoms with Crippen LogP contribution in [-0.4, -0.2) is 46.5 Å². The lowest BCUT2D eigenvalue weighted by Gasteiger charge is -2.38. The van der Waals surface area contributed by atoms with Gasteiger partial charge in [0, 0.05) is 24.3 Å². The molecule has 1 N–H and O–H groups in total. The van der Waals surface area contributed by atoms with E-state index in [1.54, 1.807) is 0 Å². The third kappa shape index (κ3) is 4.65. The topological polar surface area (TPSA) is 78.3 Å². The van der Waals surface area contributed by atoms with E-state index in [1.165, 1.54) is 11.8 Å². The number of pyridine rings is 1. The molecule has 0 radical (unpaired) electrons. The monoisotopic (exact) mass is 646 g/mol. The zero-order valence-electron chi connectivity index (χ0n) is 18.8. The van der Waals surface area contributed by atoms with Crippen molar-refractivity contribution in [1.29, 1.82) is 5.26 Å². The van der Waals surface area contributed by atoms with E-state index < -0.39 is 11.4 Å². The van der Waals surface area contributed by atoms with Gasteiger partial charge in [-0.1, -0.05) is 0 Å². The van der Waals surface area contributed by atoms with Crippen LogP contribution in [0.25, 0.3) is 10.9 Å². The van der Waals surface area contributed by atoms with E-state index in [0.29, 0.717) is 40.7 Å². The Morgan fingerprint density at radius 1 is 1.52 bits per heavy atom. The van der Waals surface area contributed by atoms with Crippen molar-refractivity contribution in [3.05, 3.63) is 25.5 Å². The summed E-state index contributed by atoms with van der Waals surface area (Å²) in [6.45, 7) is 6.26. The van der Waals surface area contributed by atoms with E-state index in [0.717, 1.165) is 26.3 Å². The lowest BCUT2D eigenvalue weighted by molar-refractivity contribution is 0.0239. The molecule has 1 saturated carbocycles. The summed E-state index contributed by atoms with van der Waals surface area (Å²) < 4.78 is 22.2. The van der Waals surface area contributed by atoms with Crippen LogP contribution in [-0.2, 0) is 11.2 Å². The molecule has 3 heterocycles. The molecule has 2 bridgehead atoms. The fourth-order valence-corrected chi connectivity index (χ4v) is 6.72. The third-order valence-electron chi connectivity index (χ3n) is 6.08. The molecule has 1 amide bonds. The zero-order valence-corrected chi connectivity index (χ0v) is 23.4. The first-order chi connectivity index (χ1) is 15.6. The van der Waals surface area contributed by atoms with Crippen LogP contribution in [0.15, 0.2) is 15.6 Å². The van der Waals surface area contributed by atoms with Gasteiger partial charge in [-0.2, -0.15) is 5.26 Å². The first-order valence-corrected chi connectivity index (χ1v) is 13.8. The summed E-state index contributed by atoms with van der Waals surface area (Å²) in [4.78, 5) is 19.1. The first-order valence-electron chi connectivity index (χ1n) is 10.7. The number of anilines is 1. The van der Waals surface area contributed by atoms with Gasteiger partial charge in [0.25, 0.3) is 0 Å². The summed E-state index contributed by atoms with van der Waals surface area (Å²) in [7, 11) is 0. The number of hydrogen-bond acceptors (Lipinski definition) is 6. The van der Waals surface area contributed by atoms with Crippen molar-refractivity contribution >= 4 is 73.0 Å². The molecule has 33 heavy (non-hydrogen) atoms. The fraction of sp³-hybridized carbons (Fsp3) is 0.522. The molecule has 2 aliphatic heterocycles. The molecule has 1 aliphatic carbocycles. The Morgan fingerprint density at radius 3 is 2.88 bits per heavy atom. The number of hydrogen-bond donors (Lipinski definition) is 1. The van der Waals surface area contributed by atoms with Gasteiger partial charge in [-0.15, -0.1) is 11.8 Å². The Kier molecular flexibility index (Phi) is 7.05. The van der Waals surface area contributed by atoms with Crippen LogP contribution >= 0.6 is 50.3 Å². The Hall–Kier alpha value is -1.32. The number of rotatable bonds is 5. The van der Waals surface area contributed by atoms with Gasteiger partial charge in [0.2, 0.25) is 0 Å². The molecule has 2 saturated heterocycles. The largest absolute Gasteiger partial charge is 0.444 e. The van der Waals surface area contributed by atoms with Crippen molar-refractivity contribution in [2.24, 2.45) is 5.92 Å². The zero-order chi connectivity index (χ0) is 24.1. The number of halogens is 3. The van der Waals surface area contributed by atoms with Gasteiger partial charge in [-0.05, 0) is 90.0 Å². The average Bonchev–Trinajstić information content (AvgIpc) is 3.33. The molecule has 176 valence electrons. The van der Waals surface area contributed by atoms with Gasteiger partial charge >= 0.3 is 6.09 Å². The summed E-state index contributed by atoms with van der Waals surface area (Å²) in [5.41, 5.74) is 1.33. The number of thioether (sulfide) groups is 1. The maximum atomic E-state index is 15.3. The van der Waals surface area contributed by atoms with E-state index in [1.807, 2.05) is 38.0 Å². The molecular weight excluding hydrogens is 622 g/mol. The predicted molar refractivity (Wildman–Crippen MR) is 140 cm³/mol. The van der Waals surface area contributed by atoms with Crippen molar-refractivity contribution < 1.29 is 13.9 Å². The number of amides is 1. The van der Waals surface area contributed by atoms with Crippen molar-refractivity contribution in [2.45, 2.75) is 62.7 Å². The molecule has 10 heteroatoms. The highest BCUT2D eigenvalue weighted by molar-refractivity contribution is 14.1. The second-order valence-corrected chi connectivity index (χ2v) is 12.1. The van der Waals surface area contributed by atoms with Crippen molar-refractivity contribution in [3.8, 4) is 6.07 Å². The highest BCUT2D eigenvalue weighted by Crippen LogP contribution is 2.46. The highest BCUT2D eigenvalue weighted by atomic mass is 127. The third-order valence-corrected chi connectivity index (χ3v) is 9.04. The minimum atomic E-state index is -0.540. The summed E-state index contributed by atoms with van der Waals surface area (Å²) >= 11 is 7.09. The van der Waals surface area contributed by atoms with Gasteiger partial charge in [0.1, 0.15) is 16.1 Å². The number of aromatic nitrogens is 1. The van der Waals surface area contributed by atoms with Gasteiger partial charge in [0.15, 0.2) is 5.82 Å². The SMILES string of the molecule is CSc1nc2c(F)c(Br)c(CCC#N)cc2c(NC2[C@@H]3C[C@H]2N(C(=O)OC(C)(C)C)C3)c1I. The molecule has 1 unspecified atom stereocenters. The quantitative estimate of drug-likeness (QED) is 0.302. The molecule has 1 aromatic carbocycles. The van der Waals surface area contributed by atoms with Crippen LogP contribution in [0.3, 0.4) is 0 Å². The van der Waals surface area contributed by atoms with E-state index in [2.05, 4.69) is 54.9 Å². The molecule has 0 spiro atoms. The second-order valence-electron chi connectivity index (χ2n) is 9.39. The fourth-order valence-electron chi connectivity index (χ4n) is 4.52. The summed E-state index contributed by atoms with van der Waals surface area (Å²) in [5.74, 6) is -0.0974. The van der Waals surface area contributed by atoms with E-state index in [4.69, 9.17) is 10.00 Å². The minimum Gasteiger partial charge on any atom is -0.444 e. The number of benzene rings is 1. The van der Waals surface area contributed by atoms with E-state index >= 15 is 4.39 Å². The number of carbonyl (C=O) groups excluding carboxylic acids is 1. The standard InChI is InChI=1S/C23H25BrFIN4O2S/c1-23(2,3)32-22(31)30-10-12-9-14(30)18(12)28-20-13-8-11(6-5-7-27)15(24)16(25)19(13)29-21(33-4)17(20)26/h8,12,14,18H,5-6,9-10H2,1-4H3,(H,28,29)/t12-,14-,18?/m1/s1. The normalized spacial score (nSPS) is 21.6. The number of fused-ring (bicyclic) bond motifs is 2. The van der Waals surface area contributed by atoms with Gasteiger partial charge in [0.05, 0.1) is 31.9 Å². The second kappa shape index (κ2) is 9.38. The van der Waals surface area contributed by atoms with Crippen LogP contribution in [0.4, 0.5) is 14.9 Å². The molecular formula is C23H25BrFIN4O2S. The summed E-state index contributed by atoms with van der Waals surface area (Å²) in [6.07, 6.45) is 3.32. The number of aryl methyl sites for hydroxylation is 1. The lowest BCUT2D eigenvalue weighted by Crippen LogP contribution is -2.50. The van der Waals surface area contributed by atoms with Crippen molar-refractivity contribution in [3.63, 3.8) is 0 Å². The minimum absolute atomic E-state index is 0.0416. The number of carbonyl (C=O) groups is 1. The number of ether oxygens (including phenoxy) is 1. The van der Waals surface area contributed by atoms with Gasteiger partial charge in [-0.3, -0.25) is 0 Å². The van der Waals surface area contributed by atoms with E-state index in [-0.39, 0.29) is 18.2 Å². The van der Waals surface area contributed by atoms with Crippen LogP contribution < -0.4 is 5.32 Å². The first kappa shape index (κ1) is 24.8. The lowest BCUT2D eigenvalue weighted by atomic mass is 9.80. The Labute approximate surface area is 219 Å². The highest BCUT2D eigenvalue weighted by Gasteiger charge is 2.55. The maximum absolute atomic E-state index is 15.3. The number of nitrogens with one attached hydrogen (secondary N) is 1. The van der Waals surface area contributed by atoms with Crippen LogP contribution in [0, 0.1) is 26.6 Å². The Morgan fingerprint density at radius 2 is 2.24 bits per heavy atom. The molecule has 3 aliphatic rings. The average molecular weight is 647 g/mol. The van der Waals surface area contributed by atoms with Crippen LogP contribution in [0.1, 0.15) is 39.2 Å². The molecule has 3 atom stereocenters. The molecule has 6 nitrogen and oxygen atoms in total. The van der Waals surface area contributed by atoms with Crippen molar-refractivity contribution in [1.82, 2.24) is 9.88 Å². The Bertz CT molecular complexity index is 1170. The summed E-state index contributed by atoms with van der Waals surface area (Å²) in [5, 5.41) is 14.1. The van der Waals surface area contributed by atoms with Crippen molar-refractivity contribution in [2.75, 3.05) is 18.1 Å². The molecule has 3 fully saturated rings. The molecule has 2 aromatic rings. The van der Waals surface area contributed by atoms with Gasteiger partial charge < -0.3 is 15.0 Å². The van der Waals surface area contributed by atoms with E-state index in [9.17, 15) is 4.79 Å². The summed E-state index contributed by atoms with van der Waals surface area (Å²) in [6, 6.07) is 4.16. The Balaban J connectivity index is 1.71. The maximum Gasteiger partial charge on any atom is 0.410 e. The van der Waals surface area contributed by atoms with Crippen LogP contribution in [0.2, 0.25) is 0 Å². The van der Waals surface area contributed by atoms with Crippen LogP contribution in [0.5, 0.6) is 0 Å². The smallest absolute Gasteiger partial charge is 0.410 e.